The van der Waals surface area contributed by atoms with Crippen LogP contribution in [0.5, 0.6) is 5.88 Å². The maximum Gasteiger partial charge on any atom is 0.226 e. The molecule has 5 heteroatoms. The minimum atomic E-state index is 0.0612. The van der Waals surface area contributed by atoms with Gasteiger partial charge in [-0.1, -0.05) is 0 Å². The molecule has 0 radical (unpaired) electrons. The summed E-state index contributed by atoms with van der Waals surface area (Å²) < 4.78 is 5.81. The lowest BCUT2D eigenvalue weighted by Gasteiger charge is -2.17. The molecule has 0 unspecified atom stereocenters. The van der Waals surface area contributed by atoms with E-state index in [4.69, 9.17) is 4.74 Å². The Labute approximate surface area is 117 Å². The number of aliphatic imine (C=N–C) groups is 1. The van der Waals surface area contributed by atoms with Crippen LogP contribution in [0.3, 0.4) is 0 Å². The lowest BCUT2D eigenvalue weighted by atomic mass is 10.1. The minimum Gasteiger partial charge on any atom is -0.474 e. The van der Waals surface area contributed by atoms with E-state index in [1.165, 1.54) is 0 Å². The second-order valence-corrected chi connectivity index (χ2v) is 4.91. The van der Waals surface area contributed by atoms with Crippen LogP contribution in [0, 0.1) is 0 Å². The van der Waals surface area contributed by atoms with E-state index >= 15 is 0 Å². The molecule has 0 aromatic carbocycles. The number of hydrogen-bond donors (Lipinski definition) is 0. The molecule has 3 rings (SSSR count). The van der Waals surface area contributed by atoms with Crippen LogP contribution >= 0.6 is 0 Å². The summed E-state index contributed by atoms with van der Waals surface area (Å²) in [7, 11) is 0. The summed E-state index contributed by atoms with van der Waals surface area (Å²) in [5, 5.41) is 0. The topological polar surface area (TPSA) is 60.3 Å². The molecule has 1 aliphatic rings. The molecule has 0 amide bonds. The van der Waals surface area contributed by atoms with Crippen molar-refractivity contribution in [2.24, 2.45) is 4.99 Å². The van der Waals surface area contributed by atoms with Gasteiger partial charge in [0, 0.05) is 37.1 Å². The first-order valence-electron chi connectivity index (χ1n) is 6.72. The van der Waals surface area contributed by atoms with Gasteiger partial charge in [-0.3, -0.25) is 9.98 Å². The summed E-state index contributed by atoms with van der Waals surface area (Å²) in [6.07, 6.45) is 6.18. The Bertz CT molecular complexity index is 638. The average molecular weight is 268 g/mol. The van der Waals surface area contributed by atoms with Crippen molar-refractivity contribution in [2.75, 3.05) is 6.54 Å². The first-order valence-corrected chi connectivity index (χ1v) is 6.72. The summed E-state index contributed by atoms with van der Waals surface area (Å²) >= 11 is 0. The van der Waals surface area contributed by atoms with Crippen LogP contribution in [0.1, 0.15) is 25.1 Å². The van der Waals surface area contributed by atoms with Crippen molar-refractivity contribution in [1.29, 1.82) is 0 Å². The van der Waals surface area contributed by atoms with Gasteiger partial charge in [0.25, 0.3) is 0 Å². The summed E-state index contributed by atoms with van der Waals surface area (Å²) in [5.41, 5.74) is 2.79. The molecular weight excluding hydrogens is 252 g/mol. The molecule has 0 saturated carbocycles. The number of hydrogen-bond acceptors (Lipinski definition) is 5. The van der Waals surface area contributed by atoms with Crippen LogP contribution in [-0.4, -0.2) is 33.8 Å². The third-order valence-electron chi connectivity index (χ3n) is 2.95. The Balaban J connectivity index is 2.11. The van der Waals surface area contributed by atoms with Crippen LogP contribution in [0.15, 0.2) is 29.5 Å². The van der Waals surface area contributed by atoms with E-state index in [0.717, 1.165) is 29.8 Å². The van der Waals surface area contributed by atoms with Gasteiger partial charge >= 0.3 is 0 Å². The van der Waals surface area contributed by atoms with Crippen LogP contribution < -0.4 is 4.74 Å². The Kier molecular flexibility index (Phi) is 3.41. The van der Waals surface area contributed by atoms with E-state index in [9.17, 15) is 0 Å². The molecule has 102 valence electrons. The predicted molar refractivity (Wildman–Crippen MR) is 77.2 cm³/mol. The van der Waals surface area contributed by atoms with E-state index in [1.807, 2.05) is 32.2 Å². The Morgan fingerprint density at radius 1 is 1.25 bits per heavy atom. The first-order chi connectivity index (χ1) is 9.74. The molecule has 5 nitrogen and oxygen atoms in total. The monoisotopic (exact) mass is 268 g/mol. The number of aromatic nitrogens is 3. The molecule has 20 heavy (non-hydrogen) atoms. The molecule has 1 aliphatic heterocycles. The zero-order valence-electron chi connectivity index (χ0n) is 11.6. The quantitative estimate of drug-likeness (QED) is 0.857. The third kappa shape index (κ3) is 2.52. The molecule has 3 heterocycles. The van der Waals surface area contributed by atoms with Gasteiger partial charge in [0.05, 0.1) is 17.4 Å². The van der Waals surface area contributed by atoms with Gasteiger partial charge in [-0.15, -0.1) is 0 Å². The van der Waals surface area contributed by atoms with Gasteiger partial charge in [0.2, 0.25) is 5.88 Å². The highest BCUT2D eigenvalue weighted by Gasteiger charge is 2.18. The maximum atomic E-state index is 5.81. The Hall–Kier alpha value is -2.30. The van der Waals surface area contributed by atoms with Crippen molar-refractivity contribution in [3.8, 4) is 17.3 Å². The van der Waals surface area contributed by atoms with Gasteiger partial charge < -0.3 is 4.74 Å². The largest absolute Gasteiger partial charge is 0.474 e. The molecule has 2 aromatic rings. The van der Waals surface area contributed by atoms with Crippen molar-refractivity contribution in [1.82, 2.24) is 15.0 Å². The molecule has 0 spiro atoms. The van der Waals surface area contributed by atoms with Crippen molar-refractivity contribution in [3.63, 3.8) is 0 Å². The van der Waals surface area contributed by atoms with Gasteiger partial charge in [0.1, 0.15) is 0 Å². The lowest BCUT2D eigenvalue weighted by Crippen LogP contribution is -2.15. The number of fused-ring (bicyclic) bond motifs is 1. The Morgan fingerprint density at radius 2 is 2.15 bits per heavy atom. The van der Waals surface area contributed by atoms with Gasteiger partial charge in [-0.2, -0.15) is 4.98 Å². The summed E-state index contributed by atoms with van der Waals surface area (Å²) in [6, 6.07) is 3.83. The molecule has 0 bridgehead atoms. The fourth-order valence-corrected chi connectivity index (χ4v) is 2.08. The van der Waals surface area contributed by atoms with E-state index in [2.05, 4.69) is 19.9 Å². The van der Waals surface area contributed by atoms with E-state index < -0.39 is 0 Å². The summed E-state index contributed by atoms with van der Waals surface area (Å²) in [5.74, 6) is 1.26. The van der Waals surface area contributed by atoms with Crippen molar-refractivity contribution in [3.05, 3.63) is 35.8 Å². The smallest absolute Gasteiger partial charge is 0.226 e. The molecule has 0 atom stereocenters. The lowest BCUT2D eigenvalue weighted by molar-refractivity contribution is 0.231. The van der Waals surface area contributed by atoms with Gasteiger partial charge in [0.15, 0.2) is 5.82 Å². The number of nitrogens with zero attached hydrogens (tertiary/aromatic N) is 4. The standard InChI is InChI=1S/C15H16N4O/c1-10(2)20-15-12-9-17-7-5-13(12)18-14(19-15)11-4-3-6-16-8-11/h3-4,6,8-10H,5,7H2,1-2H3. The normalized spacial score (nSPS) is 13.3. The van der Waals surface area contributed by atoms with Crippen molar-refractivity contribution >= 4 is 6.21 Å². The summed E-state index contributed by atoms with van der Waals surface area (Å²) in [6.45, 7) is 4.73. The highest BCUT2D eigenvalue weighted by atomic mass is 16.5. The van der Waals surface area contributed by atoms with Crippen LogP contribution in [-0.2, 0) is 6.42 Å². The number of pyridine rings is 1. The zero-order chi connectivity index (χ0) is 13.9. The van der Waals surface area contributed by atoms with E-state index in [1.54, 1.807) is 12.4 Å². The molecule has 2 aromatic heterocycles. The fraction of sp³-hybridized carbons (Fsp3) is 0.333. The highest BCUT2D eigenvalue weighted by molar-refractivity contribution is 5.85. The number of rotatable bonds is 3. The zero-order valence-corrected chi connectivity index (χ0v) is 11.6. The molecule has 0 saturated heterocycles. The Morgan fingerprint density at radius 3 is 2.90 bits per heavy atom. The van der Waals surface area contributed by atoms with Crippen LogP contribution in [0.4, 0.5) is 0 Å². The minimum absolute atomic E-state index is 0.0612. The summed E-state index contributed by atoms with van der Waals surface area (Å²) in [4.78, 5) is 17.6. The molecular formula is C15H16N4O. The van der Waals surface area contributed by atoms with Gasteiger partial charge in [-0.05, 0) is 26.0 Å². The maximum absolute atomic E-state index is 5.81. The third-order valence-corrected chi connectivity index (χ3v) is 2.95. The second kappa shape index (κ2) is 5.36. The van der Waals surface area contributed by atoms with Crippen molar-refractivity contribution < 1.29 is 4.74 Å². The van der Waals surface area contributed by atoms with Crippen LogP contribution in [0.2, 0.25) is 0 Å². The first kappa shape index (κ1) is 12.7. The van der Waals surface area contributed by atoms with Crippen molar-refractivity contribution in [2.45, 2.75) is 26.4 Å². The van der Waals surface area contributed by atoms with E-state index in [-0.39, 0.29) is 6.10 Å². The predicted octanol–water partition coefficient (Wildman–Crippen LogP) is 2.30. The van der Waals surface area contributed by atoms with Gasteiger partial charge in [-0.25, -0.2) is 4.98 Å². The van der Waals surface area contributed by atoms with E-state index in [0.29, 0.717) is 11.7 Å². The highest BCUT2D eigenvalue weighted by Crippen LogP contribution is 2.25. The number of ether oxygens (including phenoxy) is 1. The SMILES string of the molecule is CC(C)Oc1nc(-c2cccnc2)nc2c1C=NCC2. The van der Waals surface area contributed by atoms with Crippen LogP contribution in [0.25, 0.3) is 11.4 Å². The molecule has 0 N–H and O–H groups in total. The second-order valence-electron chi connectivity index (χ2n) is 4.91. The molecule has 0 aliphatic carbocycles. The molecule has 0 fully saturated rings. The average Bonchev–Trinajstić information content (AvgIpc) is 2.47. The fourth-order valence-electron chi connectivity index (χ4n) is 2.08.